The number of aromatic nitrogens is 2. The van der Waals surface area contributed by atoms with Crippen molar-refractivity contribution >= 4 is 45.3 Å². The zero-order valence-electron chi connectivity index (χ0n) is 20.6. The average Bonchev–Trinajstić information content (AvgIpc) is 3.61. The minimum absolute atomic E-state index is 0.0181. The van der Waals surface area contributed by atoms with Crippen molar-refractivity contribution in [2.45, 2.75) is 32.2 Å². The summed E-state index contributed by atoms with van der Waals surface area (Å²) in [7, 11) is 1.90. The molecule has 6 rings (SSSR count). The summed E-state index contributed by atoms with van der Waals surface area (Å²) in [5.41, 5.74) is 2.80. The Morgan fingerprint density at radius 1 is 1.14 bits per heavy atom. The molecule has 0 unspecified atom stereocenters. The van der Waals surface area contributed by atoms with Crippen LogP contribution in [0.3, 0.4) is 0 Å². The Bertz CT molecular complexity index is 1570. The SMILES string of the molecule is Cn1ncc2cc3cccc(CN(C(=O)[C@@H]4C[C@@H]5CC[C@H]4C5)c4cc(F)cc(/C=C/C(=O)O)c4)c3cc21. The number of carboxylic acid groups (broad SMARTS) is 1. The van der Waals surface area contributed by atoms with Crippen LogP contribution >= 0.6 is 0 Å². The number of halogens is 1. The Morgan fingerprint density at radius 2 is 2.00 bits per heavy atom. The first-order valence-electron chi connectivity index (χ1n) is 12.7. The number of aryl methyl sites for hydroxylation is 1. The number of rotatable bonds is 6. The molecule has 2 aliphatic rings. The smallest absolute Gasteiger partial charge is 0.328 e. The van der Waals surface area contributed by atoms with Crippen molar-refractivity contribution in [1.82, 2.24) is 9.78 Å². The Balaban J connectivity index is 1.44. The lowest BCUT2D eigenvalue weighted by atomic mass is 9.87. The van der Waals surface area contributed by atoms with E-state index < -0.39 is 11.8 Å². The Kier molecular flexibility index (Phi) is 5.78. The molecule has 188 valence electrons. The average molecular weight is 498 g/mol. The zero-order chi connectivity index (χ0) is 25.7. The molecule has 2 fully saturated rings. The van der Waals surface area contributed by atoms with E-state index in [9.17, 15) is 14.0 Å². The molecule has 0 radical (unpaired) electrons. The van der Waals surface area contributed by atoms with Gasteiger partial charge in [0.1, 0.15) is 5.82 Å². The van der Waals surface area contributed by atoms with Crippen LogP contribution in [0.4, 0.5) is 10.1 Å². The summed E-state index contributed by atoms with van der Waals surface area (Å²) < 4.78 is 16.6. The first-order valence-corrected chi connectivity index (χ1v) is 12.7. The normalized spacial score (nSPS) is 20.9. The molecule has 3 atom stereocenters. The van der Waals surface area contributed by atoms with E-state index in [1.807, 2.05) is 36.1 Å². The number of fused-ring (bicyclic) bond motifs is 4. The number of carboxylic acids is 1. The molecule has 1 aromatic heterocycles. The number of carbonyl (C=O) groups is 2. The van der Waals surface area contributed by atoms with E-state index in [-0.39, 0.29) is 11.8 Å². The number of amides is 1. The molecule has 7 heteroatoms. The third-order valence-electron chi connectivity index (χ3n) is 8.12. The van der Waals surface area contributed by atoms with E-state index >= 15 is 0 Å². The van der Waals surface area contributed by atoms with Gasteiger partial charge in [0.25, 0.3) is 0 Å². The van der Waals surface area contributed by atoms with Crippen LogP contribution < -0.4 is 4.90 Å². The van der Waals surface area contributed by atoms with Gasteiger partial charge in [0.05, 0.1) is 18.3 Å². The monoisotopic (exact) mass is 497 g/mol. The van der Waals surface area contributed by atoms with Gasteiger partial charge in [-0.05, 0) is 89.4 Å². The van der Waals surface area contributed by atoms with Crippen LogP contribution in [0.5, 0.6) is 0 Å². The molecule has 2 aliphatic carbocycles. The summed E-state index contributed by atoms with van der Waals surface area (Å²) in [6.07, 6.45) is 8.39. The lowest BCUT2D eigenvalue weighted by Gasteiger charge is -2.30. The maximum atomic E-state index is 14.7. The maximum Gasteiger partial charge on any atom is 0.328 e. The van der Waals surface area contributed by atoms with E-state index in [4.69, 9.17) is 5.11 Å². The number of anilines is 1. The maximum absolute atomic E-state index is 14.7. The molecular formula is C30H28FN3O3. The van der Waals surface area contributed by atoms with Crippen LogP contribution in [0.1, 0.15) is 36.8 Å². The largest absolute Gasteiger partial charge is 0.478 e. The predicted octanol–water partition coefficient (Wildman–Crippen LogP) is 5.93. The summed E-state index contributed by atoms with van der Waals surface area (Å²) in [6, 6.07) is 14.6. The van der Waals surface area contributed by atoms with Crippen LogP contribution in [0.15, 0.2) is 60.8 Å². The second-order valence-electron chi connectivity index (χ2n) is 10.4. The van der Waals surface area contributed by atoms with Crippen LogP contribution in [0.25, 0.3) is 27.8 Å². The number of hydrogen-bond donors (Lipinski definition) is 1. The van der Waals surface area contributed by atoms with Crippen molar-refractivity contribution in [2.75, 3.05) is 4.90 Å². The fourth-order valence-electron chi connectivity index (χ4n) is 6.36. The predicted molar refractivity (Wildman–Crippen MR) is 141 cm³/mol. The highest BCUT2D eigenvalue weighted by Gasteiger charge is 2.44. The van der Waals surface area contributed by atoms with Gasteiger partial charge < -0.3 is 10.0 Å². The zero-order valence-corrected chi connectivity index (χ0v) is 20.6. The Hall–Kier alpha value is -4.00. The summed E-state index contributed by atoms with van der Waals surface area (Å²) in [6.45, 7) is 0.291. The van der Waals surface area contributed by atoms with Gasteiger partial charge in [-0.25, -0.2) is 9.18 Å². The third kappa shape index (κ3) is 4.39. The van der Waals surface area contributed by atoms with Crippen LogP contribution in [0, 0.1) is 23.6 Å². The standard InChI is InChI=1S/C30H28FN3O3/c1-33-28-15-26-20(13-23(28)16-32-33)3-2-4-22(26)17-34(30(37)27-12-18-5-7-21(27)9-18)25-11-19(6-8-29(35)36)10-24(31)14-25/h2-4,6,8,10-11,13-16,18,21,27H,5,7,9,12,17H2,1H3,(H,35,36)/b8-6+/t18-,21+,27-/m1/s1. The highest BCUT2D eigenvalue weighted by atomic mass is 19.1. The molecule has 2 bridgehead atoms. The van der Waals surface area contributed by atoms with E-state index in [0.717, 1.165) is 52.6 Å². The van der Waals surface area contributed by atoms with Crippen molar-refractivity contribution < 1.29 is 19.1 Å². The van der Waals surface area contributed by atoms with E-state index in [1.54, 1.807) is 11.0 Å². The van der Waals surface area contributed by atoms with Gasteiger partial charge in [0.2, 0.25) is 5.91 Å². The number of carbonyl (C=O) groups excluding carboxylic acids is 1. The van der Waals surface area contributed by atoms with E-state index in [2.05, 4.69) is 17.2 Å². The van der Waals surface area contributed by atoms with Crippen LogP contribution in [-0.4, -0.2) is 26.8 Å². The second-order valence-corrected chi connectivity index (χ2v) is 10.4. The molecule has 1 N–H and O–H groups in total. The number of benzene rings is 3. The minimum Gasteiger partial charge on any atom is -0.478 e. The van der Waals surface area contributed by atoms with Crippen molar-refractivity contribution in [1.29, 1.82) is 0 Å². The number of hydrogen-bond acceptors (Lipinski definition) is 3. The first kappa shape index (κ1) is 23.4. The van der Waals surface area contributed by atoms with Gasteiger partial charge in [-0.15, -0.1) is 0 Å². The van der Waals surface area contributed by atoms with Gasteiger partial charge in [0.15, 0.2) is 0 Å². The van der Waals surface area contributed by atoms with Gasteiger partial charge in [0, 0.05) is 30.1 Å². The second kappa shape index (κ2) is 9.14. The molecule has 0 aliphatic heterocycles. The summed E-state index contributed by atoms with van der Waals surface area (Å²) in [5, 5.41) is 16.5. The third-order valence-corrected chi connectivity index (χ3v) is 8.12. The van der Waals surface area contributed by atoms with Crippen LogP contribution in [-0.2, 0) is 23.2 Å². The number of nitrogens with zero attached hydrogens (tertiary/aromatic N) is 3. The molecule has 37 heavy (non-hydrogen) atoms. The van der Waals surface area contributed by atoms with Crippen molar-refractivity contribution in [3.63, 3.8) is 0 Å². The minimum atomic E-state index is -1.11. The lowest BCUT2D eigenvalue weighted by molar-refractivity contribution is -0.131. The summed E-state index contributed by atoms with van der Waals surface area (Å²) in [4.78, 5) is 26.8. The summed E-state index contributed by atoms with van der Waals surface area (Å²) >= 11 is 0. The molecule has 1 heterocycles. The molecule has 3 aromatic carbocycles. The number of aliphatic carboxylic acids is 1. The van der Waals surface area contributed by atoms with Gasteiger partial charge in [-0.2, -0.15) is 5.10 Å². The van der Waals surface area contributed by atoms with Gasteiger partial charge in [-0.3, -0.25) is 9.48 Å². The quantitative estimate of drug-likeness (QED) is 0.335. The van der Waals surface area contributed by atoms with Crippen molar-refractivity contribution in [3.8, 4) is 0 Å². The molecule has 2 saturated carbocycles. The van der Waals surface area contributed by atoms with Gasteiger partial charge >= 0.3 is 5.97 Å². The Morgan fingerprint density at radius 3 is 2.76 bits per heavy atom. The topological polar surface area (TPSA) is 75.4 Å². The molecule has 0 saturated heterocycles. The molecule has 0 spiro atoms. The summed E-state index contributed by atoms with van der Waals surface area (Å²) in [5.74, 6) is -0.705. The highest BCUT2D eigenvalue weighted by molar-refractivity contribution is 6.00. The highest BCUT2D eigenvalue weighted by Crippen LogP contribution is 2.49. The van der Waals surface area contributed by atoms with E-state index in [1.165, 1.54) is 24.6 Å². The molecule has 4 aromatic rings. The molecular weight excluding hydrogens is 469 g/mol. The fraction of sp³-hybridized carbons (Fsp3) is 0.300. The lowest BCUT2D eigenvalue weighted by Crippen LogP contribution is -2.38. The first-order chi connectivity index (χ1) is 17.9. The Labute approximate surface area is 214 Å². The molecule has 1 amide bonds. The fourth-order valence-corrected chi connectivity index (χ4v) is 6.36. The van der Waals surface area contributed by atoms with Crippen LogP contribution in [0.2, 0.25) is 0 Å². The van der Waals surface area contributed by atoms with E-state index in [0.29, 0.717) is 29.6 Å². The molecule has 6 nitrogen and oxygen atoms in total. The van der Waals surface area contributed by atoms with Crippen molar-refractivity contribution in [2.24, 2.45) is 24.8 Å². The van der Waals surface area contributed by atoms with Crippen molar-refractivity contribution in [3.05, 3.63) is 77.7 Å². The van der Waals surface area contributed by atoms with Gasteiger partial charge in [-0.1, -0.05) is 24.6 Å².